The maximum absolute atomic E-state index is 2.31. The molecular formula is C13H22. The Balaban J connectivity index is 1.48. The van der Waals surface area contributed by atoms with Crippen molar-refractivity contribution in [2.75, 3.05) is 0 Å². The molecule has 3 fully saturated rings. The lowest BCUT2D eigenvalue weighted by Gasteiger charge is -2.44. The van der Waals surface area contributed by atoms with Crippen molar-refractivity contribution in [1.82, 2.24) is 0 Å². The lowest BCUT2D eigenvalue weighted by molar-refractivity contribution is 0.0514. The van der Waals surface area contributed by atoms with Crippen LogP contribution in [0.5, 0.6) is 0 Å². The normalized spacial score (nSPS) is 51.0. The third kappa shape index (κ3) is 1.04. The van der Waals surface area contributed by atoms with Crippen LogP contribution >= 0.6 is 0 Å². The molecule has 0 heteroatoms. The molecule has 0 saturated heterocycles. The molecule has 13 heavy (non-hydrogen) atoms. The van der Waals surface area contributed by atoms with Gasteiger partial charge in [-0.15, -0.1) is 0 Å². The maximum Gasteiger partial charge on any atom is -0.0232 e. The highest BCUT2D eigenvalue weighted by molar-refractivity contribution is 5.19. The van der Waals surface area contributed by atoms with Gasteiger partial charge in [-0.1, -0.05) is 32.6 Å². The second-order valence-electron chi connectivity index (χ2n) is 5.78. The van der Waals surface area contributed by atoms with Crippen LogP contribution in [0.4, 0.5) is 0 Å². The molecular weight excluding hydrogens is 156 g/mol. The van der Waals surface area contributed by atoms with Crippen LogP contribution < -0.4 is 0 Å². The molecule has 0 aromatic carbocycles. The van der Waals surface area contributed by atoms with E-state index in [1.54, 1.807) is 32.1 Å². The molecule has 0 aromatic heterocycles. The summed E-state index contributed by atoms with van der Waals surface area (Å²) in [5.74, 6) is 3.58. The molecule has 0 N–H and O–H groups in total. The minimum absolute atomic E-state index is 0.969. The molecule has 0 radical (unpaired) electrons. The van der Waals surface area contributed by atoms with E-state index in [2.05, 4.69) is 6.92 Å². The first-order chi connectivity index (χ1) is 6.37. The minimum atomic E-state index is 0.969. The number of unbranched alkanes of at least 4 members (excludes halogenated alkanes) is 2. The fourth-order valence-corrected chi connectivity index (χ4v) is 4.45. The summed E-state index contributed by atoms with van der Waals surface area (Å²) in [6.45, 7) is 2.31. The molecule has 4 unspecified atom stereocenters. The van der Waals surface area contributed by atoms with E-state index in [1.807, 2.05) is 0 Å². The average molecular weight is 178 g/mol. The molecule has 0 bridgehead atoms. The first-order valence-electron chi connectivity index (χ1n) is 6.37. The lowest BCUT2D eigenvalue weighted by Crippen LogP contribution is -2.36. The van der Waals surface area contributed by atoms with E-state index in [1.165, 1.54) is 37.0 Å². The Morgan fingerprint density at radius 3 is 2.77 bits per heavy atom. The Labute approximate surface area is 82.1 Å². The van der Waals surface area contributed by atoms with Gasteiger partial charge in [0.05, 0.1) is 0 Å². The lowest BCUT2D eigenvalue weighted by atomic mass is 9.61. The molecule has 0 amide bonds. The summed E-state index contributed by atoms with van der Waals surface area (Å²) < 4.78 is 0. The van der Waals surface area contributed by atoms with Gasteiger partial charge in [-0.2, -0.15) is 0 Å². The largest absolute Gasteiger partial charge is 0.0654 e. The first kappa shape index (κ1) is 8.32. The molecule has 0 heterocycles. The van der Waals surface area contributed by atoms with Crippen molar-refractivity contribution in [1.29, 1.82) is 0 Å². The van der Waals surface area contributed by atoms with E-state index >= 15 is 0 Å². The molecule has 3 aliphatic rings. The van der Waals surface area contributed by atoms with Gasteiger partial charge >= 0.3 is 0 Å². The predicted octanol–water partition coefficient (Wildman–Crippen LogP) is 4.00. The minimum Gasteiger partial charge on any atom is -0.0654 e. The highest BCUT2D eigenvalue weighted by Crippen LogP contribution is 2.78. The zero-order valence-corrected chi connectivity index (χ0v) is 8.89. The summed E-state index contributed by atoms with van der Waals surface area (Å²) in [5, 5.41) is 0. The summed E-state index contributed by atoms with van der Waals surface area (Å²) in [5.41, 5.74) is 0.969. The fourth-order valence-electron chi connectivity index (χ4n) is 4.45. The Bertz CT molecular complexity index is 206. The van der Waals surface area contributed by atoms with Crippen molar-refractivity contribution in [3.63, 3.8) is 0 Å². The van der Waals surface area contributed by atoms with Crippen LogP contribution in [0.2, 0.25) is 0 Å². The van der Waals surface area contributed by atoms with Crippen LogP contribution in [-0.2, 0) is 0 Å². The van der Waals surface area contributed by atoms with E-state index < -0.39 is 0 Å². The second kappa shape index (κ2) is 2.74. The number of hydrogen-bond acceptors (Lipinski definition) is 0. The van der Waals surface area contributed by atoms with Crippen molar-refractivity contribution in [2.45, 2.75) is 58.3 Å². The third-order valence-corrected chi connectivity index (χ3v) is 5.23. The maximum atomic E-state index is 2.31. The quantitative estimate of drug-likeness (QED) is 0.571. The topological polar surface area (TPSA) is 0 Å². The number of rotatable bonds is 4. The molecule has 0 nitrogen and oxygen atoms in total. The molecule has 1 spiro atoms. The van der Waals surface area contributed by atoms with Crippen LogP contribution in [0.3, 0.4) is 0 Å². The van der Waals surface area contributed by atoms with Gasteiger partial charge < -0.3 is 0 Å². The van der Waals surface area contributed by atoms with Crippen molar-refractivity contribution >= 4 is 0 Å². The zero-order valence-electron chi connectivity index (χ0n) is 8.89. The molecule has 74 valence electrons. The standard InChI is InChI=1S/C13H22/c1-2-3-4-5-10-8-13-9-11(13)6-7-12(10)13/h10-12H,2-9H2,1H3. The van der Waals surface area contributed by atoms with E-state index in [9.17, 15) is 0 Å². The van der Waals surface area contributed by atoms with Gasteiger partial charge in [0.1, 0.15) is 0 Å². The predicted molar refractivity (Wildman–Crippen MR) is 55.5 cm³/mol. The van der Waals surface area contributed by atoms with Gasteiger partial charge in [-0.05, 0) is 48.9 Å². The van der Waals surface area contributed by atoms with E-state index in [-0.39, 0.29) is 0 Å². The van der Waals surface area contributed by atoms with Gasteiger partial charge in [-0.3, -0.25) is 0 Å². The van der Waals surface area contributed by atoms with Crippen LogP contribution in [0.1, 0.15) is 58.3 Å². The number of hydrogen-bond donors (Lipinski definition) is 0. The van der Waals surface area contributed by atoms with Crippen LogP contribution in [-0.4, -0.2) is 0 Å². The van der Waals surface area contributed by atoms with E-state index in [4.69, 9.17) is 0 Å². The zero-order chi connectivity index (χ0) is 8.89. The Hall–Kier alpha value is 0. The highest BCUT2D eigenvalue weighted by atomic mass is 14.7. The summed E-state index contributed by atoms with van der Waals surface area (Å²) in [4.78, 5) is 0. The SMILES string of the molecule is CCCCCC1CC23CC2CCC13. The summed E-state index contributed by atoms with van der Waals surface area (Å²) in [6.07, 6.45) is 12.4. The molecule has 3 rings (SSSR count). The summed E-state index contributed by atoms with van der Waals surface area (Å²) in [7, 11) is 0. The van der Waals surface area contributed by atoms with Gasteiger partial charge in [-0.25, -0.2) is 0 Å². The van der Waals surface area contributed by atoms with Crippen molar-refractivity contribution < 1.29 is 0 Å². The smallest absolute Gasteiger partial charge is 0.0232 e. The van der Waals surface area contributed by atoms with Crippen molar-refractivity contribution in [2.24, 2.45) is 23.2 Å². The third-order valence-electron chi connectivity index (χ3n) is 5.23. The molecule has 0 aromatic rings. The van der Waals surface area contributed by atoms with Gasteiger partial charge in [0.2, 0.25) is 0 Å². The molecule has 4 atom stereocenters. The van der Waals surface area contributed by atoms with Crippen molar-refractivity contribution in [3.8, 4) is 0 Å². The first-order valence-corrected chi connectivity index (χ1v) is 6.37. The van der Waals surface area contributed by atoms with E-state index in [0.717, 1.165) is 5.41 Å². The summed E-state index contributed by atoms with van der Waals surface area (Å²) in [6, 6.07) is 0. The van der Waals surface area contributed by atoms with Gasteiger partial charge in [0.25, 0.3) is 0 Å². The second-order valence-corrected chi connectivity index (χ2v) is 5.78. The fraction of sp³-hybridized carbons (Fsp3) is 1.00. The van der Waals surface area contributed by atoms with E-state index in [0.29, 0.717) is 0 Å². The Morgan fingerprint density at radius 1 is 1.15 bits per heavy atom. The Kier molecular flexibility index (Phi) is 1.76. The molecule has 3 aliphatic carbocycles. The Morgan fingerprint density at radius 2 is 2.08 bits per heavy atom. The monoisotopic (exact) mass is 178 g/mol. The van der Waals surface area contributed by atoms with Crippen LogP contribution in [0.15, 0.2) is 0 Å². The molecule has 0 aliphatic heterocycles. The highest BCUT2D eigenvalue weighted by Gasteiger charge is 2.70. The van der Waals surface area contributed by atoms with Gasteiger partial charge in [0, 0.05) is 0 Å². The summed E-state index contributed by atoms with van der Waals surface area (Å²) >= 11 is 0. The van der Waals surface area contributed by atoms with Gasteiger partial charge in [0.15, 0.2) is 0 Å². The molecule has 3 saturated carbocycles. The average Bonchev–Trinajstić information content (AvgIpc) is 2.75. The van der Waals surface area contributed by atoms with Crippen LogP contribution in [0.25, 0.3) is 0 Å². The van der Waals surface area contributed by atoms with Crippen molar-refractivity contribution in [3.05, 3.63) is 0 Å². The van der Waals surface area contributed by atoms with Crippen LogP contribution in [0, 0.1) is 23.2 Å².